The third kappa shape index (κ3) is 3.02. The van der Waals surface area contributed by atoms with Crippen molar-refractivity contribution in [3.05, 3.63) is 12.3 Å². The molecule has 22 heavy (non-hydrogen) atoms. The largest absolute Gasteiger partial charge is 0.368 e. The van der Waals surface area contributed by atoms with Crippen molar-refractivity contribution in [3.8, 4) is 0 Å². The maximum absolute atomic E-state index is 5.80. The standard InChI is InChI=1S/C16H26N6/c1-10(11-4-6-12(7-5-11)22(2)3)19-15-13-8-9-18-14(13)20-16(17)21-15/h8-12H,4-7H2,1-3H3,(H4,17,18,19,20,21). The van der Waals surface area contributed by atoms with E-state index in [0.29, 0.717) is 17.9 Å². The lowest BCUT2D eigenvalue weighted by Crippen LogP contribution is -2.36. The molecule has 1 unspecified atom stereocenters. The molecular formula is C16H26N6. The van der Waals surface area contributed by atoms with E-state index in [1.54, 1.807) is 0 Å². The van der Waals surface area contributed by atoms with E-state index in [1.165, 1.54) is 25.7 Å². The smallest absolute Gasteiger partial charge is 0.223 e. The normalized spacial score (nSPS) is 23.8. The van der Waals surface area contributed by atoms with Gasteiger partial charge in [0.15, 0.2) is 0 Å². The van der Waals surface area contributed by atoms with Crippen molar-refractivity contribution >= 4 is 22.8 Å². The molecule has 2 aromatic rings. The van der Waals surface area contributed by atoms with E-state index in [9.17, 15) is 0 Å². The summed E-state index contributed by atoms with van der Waals surface area (Å²) in [5.41, 5.74) is 6.59. The highest BCUT2D eigenvalue weighted by Crippen LogP contribution is 2.31. The molecule has 3 rings (SSSR count). The molecule has 1 aliphatic rings. The number of nitrogens with one attached hydrogen (secondary N) is 2. The molecule has 0 aliphatic heterocycles. The van der Waals surface area contributed by atoms with Crippen LogP contribution in [0.1, 0.15) is 32.6 Å². The van der Waals surface area contributed by atoms with Gasteiger partial charge in [0.2, 0.25) is 5.95 Å². The van der Waals surface area contributed by atoms with Gasteiger partial charge in [0.25, 0.3) is 0 Å². The lowest BCUT2D eigenvalue weighted by atomic mass is 9.81. The van der Waals surface area contributed by atoms with Crippen LogP contribution in [0.25, 0.3) is 11.0 Å². The maximum Gasteiger partial charge on any atom is 0.223 e. The number of aromatic nitrogens is 3. The van der Waals surface area contributed by atoms with Gasteiger partial charge in [-0.15, -0.1) is 0 Å². The van der Waals surface area contributed by atoms with Crippen LogP contribution < -0.4 is 11.1 Å². The third-order valence-electron chi connectivity index (χ3n) is 4.98. The zero-order chi connectivity index (χ0) is 15.7. The molecule has 4 N–H and O–H groups in total. The van der Waals surface area contributed by atoms with E-state index < -0.39 is 0 Å². The van der Waals surface area contributed by atoms with Crippen LogP contribution in [0.5, 0.6) is 0 Å². The Hall–Kier alpha value is -1.82. The Morgan fingerprint density at radius 3 is 2.68 bits per heavy atom. The number of nitrogens with two attached hydrogens (primary N) is 1. The topological polar surface area (TPSA) is 82.9 Å². The number of nitrogen functional groups attached to an aromatic ring is 1. The Morgan fingerprint density at radius 1 is 1.27 bits per heavy atom. The summed E-state index contributed by atoms with van der Waals surface area (Å²) < 4.78 is 0. The molecule has 0 radical (unpaired) electrons. The van der Waals surface area contributed by atoms with Gasteiger partial charge in [-0.1, -0.05) is 0 Å². The van der Waals surface area contributed by atoms with Crippen molar-refractivity contribution in [3.63, 3.8) is 0 Å². The van der Waals surface area contributed by atoms with Crippen molar-refractivity contribution in [1.82, 2.24) is 19.9 Å². The average molecular weight is 302 g/mol. The van der Waals surface area contributed by atoms with Crippen molar-refractivity contribution in [2.45, 2.75) is 44.7 Å². The van der Waals surface area contributed by atoms with Gasteiger partial charge in [-0.3, -0.25) is 0 Å². The number of aromatic amines is 1. The van der Waals surface area contributed by atoms with Crippen LogP contribution in [-0.4, -0.2) is 46.0 Å². The van der Waals surface area contributed by atoms with Crippen LogP contribution in [0.4, 0.5) is 11.8 Å². The molecule has 1 saturated carbocycles. The van der Waals surface area contributed by atoms with Crippen LogP contribution in [0.3, 0.4) is 0 Å². The van der Waals surface area contributed by atoms with E-state index in [4.69, 9.17) is 5.73 Å². The number of fused-ring (bicyclic) bond motifs is 1. The van der Waals surface area contributed by atoms with Gasteiger partial charge in [-0.2, -0.15) is 9.97 Å². The van der Waals surface area contributed by atoms with Crippen LogP contribution in [0.2, 0.25) is 0 Å². The Kier molecular flexibility index (Phi) is 4.20. The summed E-state index contributed by atoms with van der Waals surface area (Å²) in [6, 6.07) is 3.11. The first-order valence-corrected chi connectivity index (χ1v) is 8.08. The minimum atomic E-state index is 0.306. The summed E-state index contributed by atoms with van der Waals surface area (Å²) in [7, 11) is 4.36. The fourth-order valence-electron chi connectivity index (χ4n) is 3.52. The van der Waals surface area contributed by atoms with E-state index in [-0.39, 0.29) is 0 Å². The fourth-order valence-corrected chi connectivity index (χ4v) is 3.52. The number of hydrogen-bond acceptors (Lipinski definition) is 5. The van der Waals surface area contributed by atoms with Crippen LogP contribution in [0.15, 0.2) is 12.3 Å². The predicted molar refractivity (Wildman–Crippen MR) is 90.8 cm³/mol. The van der Waals surface area contributed by atoms with E-state index in [1.807, 2.05) is 12.3 Å². The van der Waals surface area contributed by atoms with Crippen LogP contribution >= 0.6 is 0 Å². The summed E-state index contributed by atoms with van der Waals surface area (Å²) in [5, 5.41) is 4.56. The molecule has 1 atom stereocenters. The molecule has 0 saturated heterocycles. The van der Waals surface area contributed by atoms with Crippen molar-refractivity contribution in [2.75, 3.05) is 25.1 Å². The van der Waals surface area contributed by atoms with Gasteiger partial charge in [-0.25, -0.2) is 0 Å². The van der Waals surface area contributed by atoms with E-state index >= 15 is 0 Å². The molecule has 6 nitrogen and oxygen atoms in total. The first kappa shape index (κ1) is 15.1. The summed E-state index contributed by atoms with van der Waals surface area (Å²) in [6.45, 7) is 2.25. The molecule has 0 bridgehead atoms. The summed E-state index contributed by atoms with van der Waals surface area (Å²) >= 11 is 0. The molecule has 6 heteroatoms. The molecule has 0 spiro atoms. The molecule has 120 valence electrons. The Bertz CT molecular complexity index is 627. The maximum atomic E-state index is 5.80. The minimum absolute atomic E-state index is 0.306. The van der Waals surface area contributed by atoms with Crippen molar-refractivity contribution in [1.29, 1.82) is 0 Å². The summed E-state index contributed by atoms with van der Waals surface area (Å²) in [4.78, 5) is 14.0. The highest BCUT2D eigenvalue weighted by molar-refractivity contribution is 5.88. The molecule has 2 heterocycles. The highest BCUT2D eigenvalue weighted by Gasteiger charge is 2.26. The minimum Gasteiger partial charge on any atom is -0.368 e. The predicted octanol–water partition coefficient (Wildman–Crippen LogP) is 2.46. The second-order valence-electron chi connectivity index (χ2n) is 6.64. The molecule has 1 aliphatic carbocycles. The lowest BCUT2D eigenvalue weighted by molar-refractivity contribution is 0.186. The van der Waals surface area contributed by atoms with Crippen LogP contribution in [-0.2, 0) is 0 Å². The summed E-state index contributed by atoms with van der Waals surface area (Å²) in [5.74, 6) is 1.83. The van der Waals surface area contributed by atoms with Gasteiger partial charge in [0, 0.05) is 18.3 Å². The zero-order valence-corrected chi connectivity index (χ0v) is 13.6. The Labute approximate surface area is 131 Å². The second-order valence-corrected chi connectivity index (χ2v) is 6.64. The monoisotopic (exact) mass is 302 g/mol. The first-order chi connectivity index (χ1) is 10.5. The Balaban J connectivity index is 1.69. The number of nitrogens with zero attached hydrogens (tertiary/aromatic N) is 3. The van der Waals surface area contributed by atoms with Gasteiger partial charge in [0.1, 0.15) is 11.5 Å². The van der Waals surface area contributed by atoms with Gasteiger partial charge >= 0.3 is 0 Å². The number of rotatable bonds is 4. The van der Waals surface area contributed by atoms with Crippen molar-refractivity contribution < 1.29 is 0 Å². The molecular weight excluding hydrogens is 276 g/mol. The summed E-state index contributed by atoms with van der Waals surface area (Å²) in [6.07, 6.45) is 6.93. The van der Waals surface area contributed by atoms with Gasteiger partial charge in [0.05, 0.1) is 5.39 Å². The zero-order valence-electron chi connectivity index (χ0n) is 13.6. The van der Waals surface area contributed by atoms with Gasteiger partial charge < -0.3 is 20.9 Å². The average Bonchev–Trinajstić information content (AvgIpc) is 2.95. The number of H-pyrrole nitrogens is 1. The third-order valence-corrected chi connectivity index (χ3v) is 4.98. The molecule has 0 aromatic carbocycles. The van der Waals surface area contributed by atoms with Crippen LogP contribution in [0, 0.1) is 5.92 Å². The number of anilines is 2. The SMILES string of the molecule is CC(Nc1nc(N)nc2[nH]ccc12)C1CCC(N(C)C)CC1. The van der Waals surface area contributed by atoms with Crippen molar-refractivity contribution in [2.24, 2.45) is 5.92 Å². The lowest BCUT2D eigenvalue weighted by Gasteiger charge is -2.35. The molecule has 1 fully saturated rings. The number of hydrogen-bond donors (Lipinski definition) is 3. The van der Waals surface area contributed by atoms with Gasteiger partial charge in [-0.05, 0) is 58.7 Å². The second kappa shape index (κ2) is 6.12. The first-order valence-electron chi connectivity index (χ1n) is 8.08. The fraction of sp³-hybridized carbons (Fsp3) is 0.625. The Morgan fingerprint density at radius 2 is 2.00 bits per heavy atom. The van der Waals surface area contributed by atoms with E-state index in [0.717, 1.165) is 22.9 Å². The quantitative estimate of drug-likeness (QED) is 0.808. The van der Waals surface area contributed by atoms with E-state index in [2.05, 4.69) is 46.2 Å². The molecule has 2 aromatic heterocycles. The molecule has 0 amide bonds. The highest BCUT2D eigenvalue weighted by atomic mass is 15.1.